The quantitative estimate of drug-likeness (QED) is 0.376. The lowest BCUT2D eigenvalue weighted by Gasteiger charge is -2.24. The van der Waals surface area contributed by atoms with E-state index < -0.39 is 16.1 Å². The van der Waals surface area contributed by atoms with Crippen LogP contribution >= 0.6 is 0 Å². The van der Waals surface area contributed by atoms with Crippen molar-refractivity contribution in [3.8, 4) is 17.0 Å². The van der Waals surface area contributed by atoms with Gasteiger partial charge < -0.3 is 18.9 Å². The zero-order chi connectivity index (χ0) is 31.9. The zero-order valence-corrected chi connectivity index (χ0v) is 27.3. The summed E-state index contributed by atoms with van der Waals surface area (Å²) < 4.78 is 41.7. The van der Waals surface area contributed by atoms with Crippen molar-refractivity contribution in [2.45, 2.75) is 63.5 Å². The van der Waals surface area contributed by atoms with E-state index in [0.29, 0.717) is 30.3 Å². The van der Waals surface area contributed by atoms with E-state index in [4.69, 9.17) is 9.47 Å². The molecule has 1 N–H and O–H groups in total. The first-order valence-corrected chi connectivity index (χ1v) is 17.2. The lowest BCUT2D eigenvalue weighted by atomic mass is 9.81. The van der Waals surface area contributed by atoms with Crippen molar-refractivity contribution in [3.63, 3.8) is 0 Å². The molecule has 10 nitrogen and oxygen atoms in total. The van der Waals surface area contributed by atoms with E-state index >= 15 is 0 Å². The molecule has 2 aromatic carbocycles. The number of methoxy groups -OCH3 is 1. The van der Waals surface area contributed by atoms with Crippen LogP contribution in [-0.2, 0) is 26.3 Å². The van der Waals surface area contributed by atoms with Crippen molar-refractivity contribution < 1.29 is 27.5 Å². The molecule has 0 radical (unpaired) electrons. The second-order valence-corrected chi connectivity index (χ2v) is 14.5. The van der Waals surface area contributed by atoms with Crippen LogP contribution in [-0.4, -0.2) is 81.5 Å². The molecule has 1 atom stereocenters. The zero-order valence-electron chi connectivity index (χ0n) is 26.5. The van der Waals surface area contributed by atoms with Gasteiger partial charge in [0.1, 0.15) is 5.75 Å². The molecule has 3 heterocycles. The highest BCUT2D eigenvalue weighted by Crippen LogP contribution is 2.47. The Morgan fingerprint density at radius 1 is 1.02 bits per heavy atom. The molecule has 3 aromatic rings. The third-order valence-electron chi connectivity index (χ3n) is 9.38. The minimum Gasteiger partial charge on any atom is -0.497 e. The van der Waals surface area contributed by atoms with E-state index in [-0.39, 0.29) is 17.6 Å². The van der Waals surface area contributed by atoms with Crippen molar-refractivity contribution in [1.29, 1.82) is 0 Å². The van der Waals surface area contributed by atoms with Crippen molar-refractivity contribution in [1.82, 2.24) is 18.5 Å². The Labute approximate surface area is 265 Å². The number of nitrogens with one attached hydrogen (secondary N) is 1. The summed E-state index contributed by atoms with van der Waals surface area (Å²) in [7, 11) is 2.22. The van der Waals surface area contributed by atoms with Crippen molar-refractivity contribution in [2.24, 2.45) is 0 Å². The number of rotatable bonds is 8. The molecular weight excluding hydrogens is 592 g/mol. The number of hydrogen-bond acceptors (Lipinski definition) is 6. The highest BCUT2D eigenvalue weighted by atomic mass is 32.2. The average Bonchev–Trinajstić information content (AvgIpc) is 3.61. The second-order valence-electron chi connectivity index (χ2n) is 12.6. The smallest absolute Gasteiger partial charge is 0.303 e. The van der Waals surface area contributed by atoms with Crippen LogP contribution in [0.1, 0.15) is 72.3 Å². The predicted molar refractivity (Wildman–Crippen MR) is 174 cm³/mol. The number of nitrogens with zero attached hydrogens (tertiary/aromatic N) is 3. The van der Waals surface area contributed by atoms with E-state index in [1.165, 1.54) is 26.1 Å². The van der Waals surface area contributed by atoms with Gasteiger partial charge in [0.15, 0.2) is 0 Å². The Morgan fingerprint density at radius 2 is 1.80 bits per heavy atom. The van der Waals surface area contributed by atoms with Crippen LogP contribution in [0.3, 0.4) is 0 Å². The molecule has 240 valence electrons. The van der Waals surface area contributed by atoms with Crippen LogP contribution in [0.25, 0.3) is 28.2 Å². The summed E-state index contributed by atoms with van der Waals surface area (Å²) in [5, 5.41) is 1.02. The highest BCUT2D eigenvalue weighted by Gasteiger charge is 2.32. The third-order valence-corrected chi connectivity index (χ3v) is 10.8. The molecule has 2 aliphatic heterocycles. The number of benzene rings is 2. The molecule has 2 amide bonds. The second kappa shape index (κ2) is 12.6. The van der Waals surface area contributed by atoms with Crippen LogP contribution in [0.5, 0.6) is 5.75 Å². The molecule has 11 heteroatoms. The fourth-order valence-electron chi connectivity index (χ4n) is 7.00. The van der Waals surface area contributed by atoms with Gasteiger partial charge in [-0.05, 0) is 79.1 Å². The number of amides is 2. The fraction of sp³-hybridized carbons (Fsp3) is 0.471. The molecule has 3 aliphatic rings. The van der Waals surface area contributed by atoms with Crippen LogP contribution in [0, 0.1) is 0 Å². The summed E-state index contributed by atoms with van der Waals surface area (Å²) >= 11 is 0. The SMILES string of the molecule is COc1ccc2c(c1)C=C(C(=O)N(C)C[C@@H]1CCCO1)Cn1c-2c(C2CCCCC2)c2ccc(C(=O)NS(=O)(=O)N(C)C)cc21. The first-order valence-electron chi connectivity index (χ1n) is 15.7. The van der Waals surface area contributed by atoms with Gasteiger partial charge in [-0.15, -0.1) is 0 Å². The molecule has 1 aliphatic carbocycles. The van der Waals surface area contributed by atoms with E-state index in [0.717, 1.165) is 77.2 Å². The van der Waals surface area contributed by atoms with E-state index in [9.17, 15) is 18.0 Å². The summed E-state index contributed by atoms with van der Waals surface area (Å²) in [6.07, 6.45) is 9.54. The molecular formula is C34H42N4O6S. The maximum Gasteiger partial charge on any atom is 0.303 e. The topological polar surface area (TPSA) is 110 Å². The number of likely N-dealkylation sites (N-methyl/N-ethyl adjacent to an activating group) is 1. The summed E-state index contributed by atoms with van der Waals surface area (Å²) in [6, 6.07) is 11.4. The number of ether oxygens (including phenoxy) is 2. The minimum absolute atomic E-state index is 0.0260. The van der Waals surface area contributed by atoms with Crippen molar-refractivity contribution >= 4 is 39.0 Å². The van der Waals surface area contributed by atoms with Crippen LogP contribution < -0.4 is 9.46 Å². The average molecular weight is 635 g/mol. The molecule has 0 spiro atoms. The van der Waals surface area contributed by atoms with E-state index in [1.807, 2.05) is 31.3 Å². The molecule has 1 aromatic heterocycles. The predicted octanol–water partition coefficient (Wildman–Crippen LogP) is 4.94. The normalized spacial score (nSPS) is 18.7. The van der Waals surface area contributed by atoms with Crippen LogP contribution in [0.15, 0.2) is 42.0 Å². The minimum atomic E-state index is -3.97. The van der Waals surface area contributed by atoms with Gasteiger partial charge >= 0.3 is 10.2 Å². The van der Waals surface area contributed by atoms with Gasteiger partial charge in [0.05, 0.1) is 25.5 Å². The van der Waals surface area contributed by atoms with Gasteiger partial charge in [0.2, 0.25) is 0 Å². The Bertz CT molecular complexity index is 1760. The van der Waals surface area contributed by atoms with Gasteiger partial charge in [-0.3, -0.25) is 9.59 Å². The largest absolute Gasteiger partial charge is 0.497 e. The van der Waals surface area contributed by atoms with Crippen molar-refractivity contribution in [3.05, 3.63) is 58.7 Å². The summed E-state index contributed by atoms with van der Waals surface area (Å²) in [4.78, 5) is 29.0. The van der Waals surface area contributed by atoms with Gasteiger partial charge in [-0.1, -0.05) is 25.3 Å². The number of aromatic nitrogens is 1. The maximum atomic E-state index is 14.1. The fourth-order valence-corrected chi connectivity index (χ4v) is 7.54. The summed E-state index contributed by atoms with van der Waals surface area (Å²) in [5.74, 6) is 0.233. The number of hydrogen-bond donors (Lipinski definition) is 1. The van der Waals surface area contributed by atoms with E-state index in [2.05, 4.69) is 15.4 Å². The van der Waals surface area contributed by atoms with E-state index in [1.54, 1.807) is 24.1 Å². The van der Waals surface area contributed by atoms with Crippen LogP contribution in [0.4, 0.5) is 0 Å². The summed E-state index contributed by atoms with van der Waals surface area (Å²) in [6.45, 7) is 1.53. The molecule has 1 saturated heterocycles. The third kappa shape index (κ3) is 6.13. The first-order chi connectivity index (χ1) is 21.6. The Kier molecular flexibility index (Phi) is 8.78. The summed E-state index contributed by atoms with van der Waals surface area (Å²) in [5.41, 5.74) is 5.79. The monoisotopic (exact) mass is 634 g/mol. The standard InChI is InChI=1S/C34H42N4O6S/c1-36(2)45(41,42)35-33(39)23-12-14-29-30(19-23)38-20-25(34(40)37(3)21-27-11-8-16-44-27)17-24-18-26(43-4)13-15-28(24)32(38)31(29)22-9-6-5-7-10-22/h12-15,17-19,22,27H,5-11,16,20-21H2,1-4H3,(H,35,39)/t27-/m0/s1. The lowest BCUT2D eigenvalue weighted by Crippen LogP contribution is -2.39. The maximum absolute atomic E-state index is 14.1. The molecule has 6 rings (SSSR count). The Balaban J connectivity index is 1.52. The van der Waals surface area contributed by atoms with Gasteiger partial charge in [-0.25, -0.2) is 4.72 Å². The lowest BCUT2D eigenvalue weighted by molar-refractivity contribution is -0.127. The molecule has 1 saturated carbocycles. The first kappa shape index (κ1) is 31.3. The number of carbonyl (C=O) groups is 2. The van der Waals surface area contributed by atoms with Gasteiger partial charge in [-0.2, -0.15) is 12.7 Å². The molecule has 0 unspecified atom stereocenters. The molecule has 2 fully saturated rings. The van der Waals surface area contributed by atoms with Gasteiger partial charge in [0.25, 0.3) is 11.8 Å². The Hall–Kier alpha value is -3.67. The number of fused-ring (bicyclic) bond motifs is 5. The molecule has 45 heavy (non-hydrogen) atoms. The van der Waals surface area contributed by atoms with Crippen molar-refractivity contribution in [2.75, 3.05) is 41.4 Å². The number of carbonyl (C=O) groups excluding carboxylic acids is 2. The van der Waals surface area contributed by atoms with Crippen LogP contribution in [0.2, 0.25) is 0 Å². The molecule has 0 bridgehead atoms. The highest BCUT2D eigenvalue weighted by molar-refractivity contribution is 7.87. The van der Waals surface area contributed by atoms with Gasteiger partial charge in [0, 0.05) is 61.9 Å². The Morgan fingerprint density at radius 3 is 2.49 bits per heavy atom.